The Morgan fingerprint density at radius 1 is 1.04 bits per heavy atom. The minimum absolute atomic E-state index is 0. The molecular formula is C14H32NO7PS. The number of carbonyl (C=O) groups excluding carboxylic acids is 1. The van der Waals surface area contributed by atoms with Gasteiger partial charge in [-0.1, -0.05) is 13.3 Å². The van der Waals surface area contributed by atoms with Crippen LogP contribution in [0.1, 0.15) is 46.5 Å². The van der Waals surface area contributed by atoms with Crippen LogP contribution in [0.5, 0.6) is 0 Å². The number of nitrogens with two attached hydrogens (primary N) is 1. The average Bonchev–Trinajstić information content (AvgIpc) is 2.53. The van der Waals surface area contributed by atoms with Crippen molar-refractivity contribution in [2.75, 3.05) is 25.2 Å². The molecule has 0 spiro atoms. The van der Waals surface area contributed by atoms with Crippen LogP contribution in [0, 0.1) is 0 Å². The fourth-order valence-corrected chi connectivity index (χ4v) is 4.64. The van der Waals surface area contributed by atoms with Crippen molar-refractivity contribution < 1.29 is 33.1 Å². The zero-order valence-electron chi connectivity index (χ0n) is 14.7. The van der Waals surface area contributed by atoms with Crippen molar-refractivity contribution in [3.8, 4) is 0 Å². The van der Waals surface area contributed by atoms with Crippen molar-refractivity contribution in [1.82, 2.24) is 0 Å². The van der Waals surface area contributed by atoms with E-state index in [0.29, 0.717) is 6.42 Å². The number of rotatable bonds is 10. The molecule has 0 unspecified atom stereocenters. The molecule has 0 aromatic carbocycles. The molecule has 6 N–H and O–H groups in total. The van der Waals surface area contributed by atoms with Gasteiger partial charge in [0.2, 0.25) is 5.91 Å². The Morgan fingerprint density at radius 2 is 1.50 bits per heavy atom. The summed E-state index contributed by atoms with van der Waals surface area (Å²) < 4.78 is 30.2. The van der Waals surface area contributed by atoms with E-state index in [1.807, 2.05) is 0 Å². The molecule has 0 aromatic rings. The van der Waals surface area contributed by atoms with E-state index in [1.54, 1.807) is 6.92 Å². The molecule has 0 bridgehead atoms. The SMILES string of the molecule is CCC/C(=C(/C)C(N)=O)S(=O)(=O)O.CCCC[PH](CO)(CO)CO. The second-order valence-corrected chi connectivity index (χ2v) is 11.6. The van der Waals surface area contributed by atoms with Crippen molar-refractivity contribution in [3.05, 3.63) is 10.5 Å². The normalized spacial score (nSPS) is 13.6. The number of unbranched alkanes of at least 4 members (excludes halogenated alkanes) is 1. The summed E-state index contributed by atoms with van der Waals surface area (Å²) in [6.45, 7) is 5.08. The maximum absolute atomic E-state index is 10.8. The van der Waals surface area contributed by atoms with Gasteiger partial charge in [-0.2, -0.15) is 8.42 Å². The Hall–Kier alpha value is -0.570. The predicted molar refractivity (Wildman–Crippen MR) is 97.7 cm³/mol. The molecule has 10 heteroatoms. The molecule has 8 nitrogen and oxygen atoms in total. The van der Waals surface area contributed by atoms with E-state index in [-0.39, 0.29) is 35.9 Å². The number of aliphatic hydroxyl groups excluding tert-OH is 3. The Bertz CT molecular complexity index is 493. The third-order valence-corrected chi connectivity index (χ3v) is 8.20. The van der Waals surface area contributed by atoms with Crippen LogP contribution in [0.3, 0.4) is 0 Å². The molecule has 0 aliphatic heterocycles. The molecule has 146 valence electrons. The summed E-state index contributed by atoms with van der Waals surface area (Å²) in [5.74, 6) is -0.832. The van der Waals surface area contributed by atoms with E-state index >= 15 is 0 Å². The standard InChI is InChI=1S/C7H13NO4S.C7H19O3P/c1-3-4-6(13(10,11)12)5(2)7(8)9;1-2-3-4-11(5-8,6-9)7-10/h3-4H2,1-2H3,(H2,8,9)(H,10,11,12);8-11H,2-7H2,1H3/b6-5+;. The summed E-state index contributed by atoms with van der Waals surface area (Å²) in [5.41, 5.74) is 4.78. The van der Waals surface area contributed by atoms with Crippen molar-refractivity contribution >= 4 is 23.3 Å². The van der Waals surface area contributed by atoms with Gasteiger partial charge in [0, 0.05) is 5.57 Å². The van der Waals surface area contributed by atoms with Gasteiger partial charge in [0.05, 0.1) is 4.91 Å². The van der Waals surface area contributed by atoms with Crippen LogP contribution < -0.4 is 5.73 Å². The van der Waals surface area contributed by atoms with E-state index < -0.39 is 23.3 Å². The van der Waals surface area contributed by atoms with Gasteiger partial charge in [-0.3, -0.25) is 9.35 Å². The van der Waals surface area contributed by atoms with Gasteiger partial charge in [-0.05, 0) is 13.3 Å². The zero-order chi connectivity index (χ0) is 19.4. The van der Waals surface area contributed by atoms with Gasteiger partial charge < -0.3 is 5.73 Å². The van der Waals surface area contributed by atoms with Crippen LogP contribution in [0.4, 0.5) is 0 Å². The zero-order valence-corrected chi connectivity index (χ0v) is 16.5. The van der Waals surface area contributed by atoms with Crippen molar-refractivity contribution in [3.63, 3.8) is 0 Å². The van der Waals surface area contributed by atoms with Gasteiger partial charge in [-0.15, -0.1) is 0 Å². The molecule has 0 heterocycles. The van der Waals surface area contributed by atoms with Crippen molar-refractivity contribution in [2.45, 2.75) is 46.5 Å². The van der Waals surface area contributed by atoms with Crippen LogP contribution in [0.15, 0.2) is 10.5 Å². The van der Waals surface area contributed by atoms with Crippen LogP contribution in [-0.4, -0.2) is 59.4 Å². The molecule has 0 rings (SSSR count). The number of carbonyl (C=O) groups is 1. The Balaban J connectivity index is 0. The van der Waals surface area contributed by atoms with Crippen molar-refractivity contribution in [1.29, 1.82) is 0 Å². The summed E-state index contributed by atoms with van der Waals surface area (Å²) in [7, 11) is -6.36. The van der Waals surface area contributed by atoms with Gasteiger partial charge >= 0.3 is 67.6 Å². The predicted octanol–water partition coefficient (Wildman–Crippen LogP) is 0.819. The van der Waals surface area contributed by atoms with E-state index in [9.17, 15) is 13.2 Å². The van der Waals surface area contributed by atoms with Crippen LogP contribution >= 0.6 is 7.26 Å². The quantitative estimate of drug-likeness (QED) is 0.210. The molecule has 0 saturated heterocycles. The van der Waals surface area contributed by atoms with Gasteiger partial charge in [-0.25, -0.2) is 0 Å². The van der Waals surface area contributed by atoms with Crippen LogP contribution in [0.25, 0.3) is 0 Å². The maximum atomic E-state index is 10.8. The molecule has 1 amide bonds. The summed E-state index contributed by atoms with van der Waals surface area (Å²) in [6.07, 6.45) is 3.50. The van der Waals surface area contributed by atoms with E-state index in [4.69, 9.17) is 25.6 Å². The van der Waals surface area contributed by atoms with E-state index in [1.165, 1.54) is 6.92 Å². The van der Waals surface area contributed by atoms with Gasteiger partial charge in [0.25, 0.3) is 10.1 Å². The molecule has 0 radical (unpaired) electrons. The first-order valence-corrected chi connectivity index (χ1v) is 12.1. The summed E-state index contributed by atoms with van der Waals surface area (Å²) >= 11 is 0. The van der Waals surface area contributed by atoms with Gasteiger partial charge in [0.15, 0.2) is 0 Å². The molecular weight excluding hydrogens is 357 g/mol. The summed E-state index contributed by atoms with van der Waals surface area (Å²) in [6, 6.07) is 0. The molecule has 0 fully saturated rings. The fourth-order valence-electron chi connectivity index (χ4n) is 1.81. The van der Waals surface area contributed by atoms with E-state index in [2.05, 4.69) is 6.92 Å². The second kappa shape index (κ2) is 12.7. The Labute approximate surface area is 144 Å². The average molecular weight is 389 g/mol. The minimum atomic E-state index is -4.29. The summed E-state index contributed by atoms with van der Waals surface area (Å²) in [4.78, 5) is 10.4. The van der Waals surface area contributed by atoms with Gasteiger partial charge in [0.1, 0.15) is 0 Å². The molecule has 0 saturated carbocycles. The Morgan fingerprint density at radius 3 is 1.75 bits per heavy atom. The monoisotopic (exact) mass is 389 g/mol. The first kappa shape index (κ1) is 25.7. The number of hydrogen-bond acceptors (Lipinski definition) is 6. The summed E-state index contributed by atoms with van der Waals surface area (Å²) in [5, 5.41) is 26.8. The third-order valence-electron chi connectivity index (χ3n) is 3.64. The topological polar surface area (TPSA) is 158 Å². The molecule has 0 aliphatic carbocycles. The molecule has 0 aliphatic rings. The molecule has 24 heavy (non-hydrogen) atoms. The Kier molecular flexibility index (Phi) is 13.6. The first-order valence-electron chi connectivity index (χ1n) is 7.84. The number of hydrogen-bond donors (Lipinski definition) is 5. The van der Waals surface area contributed by atoms with E-state index in [0.717, 1.165) is 19.0 Å². The van der Waals surface area contributed by atoms with Crippen LogP contribution in [-0.2, 0) is 14.9 Å². The third kappa shape index (κ3) is 9.66. The molecule has 0 aromatic heterocycles. The fraction of sp³-hybridized carbons (Fsp3) is 0.786. The second-order valence-electron chi connectivity index (χ2n) is 5.72. The number of primary amides is 1. The number of amides is 1. The van der Waals surface area contributed by atoms with Crippen LogP contribution in [0.2, 0.25) is 0 Å². The van der Waals surface area contributed by atoms with Crippen molar-refractivity contribution in [2.24, 2.45) is 5.73 Å². The number of allylic oxidation sites excluding steroid dienone is 1. The number of aliphatic hydroxyl groups is 3. The first-order chi connectivity index (χ1) is 11.0. The molecule has 0 atom stereocenters.